The van der Waals surface area contributed by atoms with Crippen LogP contribution < -0.4 is 10.2 Å². The predicted molar refractivity (Wildman–Crippen MR) is 117 cm³/mol. The molecule has 1 fully saturated rings. The highest BCUT2D eigenvalue weighted by Gasteiger charge is 2.26. The summed E-state index contributed by atoms with van der Waals surface area (Å²) in [7, 11) is 1.59. The molecule has 13 heteroatoms. The number of pyridine rings is 1. The van der Waals surface area contributed by atoms with Gasteiger partial charge in [-0.1, -0.05) is 0 Å². The fourth-order valence-electron chi connectivity index (χ4n) is 3.76. The molecule has 33 heavy (non-hydrogen) atoms. The largest absolute Gasteiger partial charge is 0.336 e. The van der Waals surface area contributed by atoms with Crippen molar-refractivity contribution in [2.24, 2.45) is 7.05 Å². The van der Waals surface area contributed by atoms with E-state index in [1.807, 2.05) is 0 Å². The molecule has 1 aliphatic rings. The number of rotatable bonds is 5. The molecular weight excluding hydrogens is 457 g/mol. The third-order valence-electron chi connectivity index (χ3n) is 5.42. The Labute approximate surface area is 189 Å². The van der Waals surface area contributed by atoms with E-state index >= 15 is 0 Å². The Balaban J connectivity index is 1.41. The molecule has 0 bridgehead atoms. The summed E-state index contributed by atoms with van der Waals surface area (Å²) in [5.74, 6) is -0.0399. The minimum absolute atomic E-state index is 0.192. The average molecular weight is 476 g/mol. The first-order valence-electron chi connectivity index (χ1n) is 10.1. The van der Waals surface area contributed by atoms with Crippen molar-refractivity contribution in [3.05, 3.63) is 40.8 Å². The van der Waals surface area contributed by atoms with Crippen molar-refractivity contribution in [3.63, 3.8) is 0 Å². The van der Waals surface area contributed by atoms with Crippen LogP contribution in [0.15, 0.2) is 24.5 Å². The number of halogens is 3. The number of anilines is 2. The Bertz CT molecular complexity index is 1350. The molecule has 0 spiro atoms. The summed E-state index contributed by atoms with van der Waals surface area (Å²) in [5, 5.41) is 11.6. The van der Waals surface area contributed by atoms with Gasteiger partial charge in [0.2, 0.25) is 5.95 Å². The van der Waals surface area contributed by atoms with Crippen LogP contribution in [0.1, 0.15) is 33.9 Å². The van der Waals surface area contributed by atoms with Crippen LogP contribution in [0.5, 0.6) is 0 Å². The van der Waals surface area contributed by atoms with E-state index in [1.165, 1.54) is 10.9 Å². The number of alkyl halides is 3. The smallest absolute Gasteiger partial charge is 0.281 e. The standard InChI is InChI=1S/C20H19F3N8OS/c1-10-15(17(22)23)27-19(33-10)13-8-24-29(2)16(13)18(32)25-12-4-6-31-14(7-12)26-20(28-31)30-5-3-11(21)9-30/h4,6-8,11,17H,3,5,9H2,1-2H3,(H,25,32). The van der Waals surface area contributed by atoms with E-state index in [-0.39, 0.29) is 17.9 Å². The maximum atomic E-state index is 13.5. The highest BCUT2D eigenvalue weighted by Crippen LogP contribution is 2.34. The summed E-state index contributed by atoms with van der Waals surface area (Å²) in [6, 6.07) is 3.31. The molecular formula is C20H19F3N8OS. The Hall–Kier alpha value is -3.48. The summed E-state index contributed by atoms with van der Waals surface area (Å²) >= 11 is 1.09. The summed E-state index contributed by atoms with van der Waals surface area (Å²) < 4.78 is 42.8. The summed E-state index contributed by atoms with van der Waals surface area (Å²) in [4.78, 5) is 23.7. The molecule has 0 aliphatic carbocycles. The maximum absolute atomic E-state index is 13.5. The molecule has 1 aliphatic heterocycles. The molecule has 1 unspecified atom stereocenters. The molecule has 5 heterocycles. The number of hydrogen-bond donors (Lipinski definition) is 1. The Morgan fingerprint density at radius 2 is 2.15 bits per heavy atom. The number of carbonyl (C=O) groups is 1. The van der Waals surface area contributed by atoms with Gasteiger partial charge < -0.3 is 10.2 Å². The van der Waals surface area contributed by atoms with Crippen LogP contribution in [0.3, 0.4) is 0 Å². The molecule has 172 valence electrons. The summed E-state index contributed by atoms with van der Waals surface area (Å²) in [6.45, 7) is 2.37. The molecule has 0 aromatic carbocycles. The SMILES string of the molecule is Cc1sc(-c2cnn(C)c2C(=O)Nc2ccn3nc(N4CCC(F)C4)nc3c2)nc1C(F)F. The first kappa shape index (κ1) is 21.4. The van der Waals surface area contributed by atoms with Crippen LogP contribution in [0.2, 0.25) is 0 Å². The molecule has 4 aromatic rings. The molecule has 1 saturated heterocycles. The highest BCUT2D eigenvalue weighted by molar-refractivity contribution is 7.15. The second kappa shape index (κ2) is 8.14. The van der Waals surface area contributed by atoms with Gasteiger partial charge in [-0.15, -0.1) is 16.4 Å². The zero-order valence-electron chi connectivity index (χ0n) is 17.7. The van der Waals surface area contributed by atoms with Crippen LogP contribution in [0.4, 0.5) is 24.8 Å². The number of hydrogen-bond acceptors (Lipinski definition) is 7. The van der Waals surface area contributed by atoms with E-state index in [0.29, 0.717) is 45.7 Å². The van der Waals surface area contributed by atoms with Crippen molar-refractivity contribution >= 4 is 34.5 Å². The van der Waals surface area contributed by atoms with Gasteiger partial charge in [0.15, 0.2) is 5.65 Å². The van der Waals surface area contributed by atoms with Crippen molar-refractivity contribution in [1.29, 1.82) is 0 Å². The van der Waals surface area contributed by atoms with Crippen molar-refractivity contribution in [1.82, 2.24) is 29.4 Å². The minimum Gasteiger partial charge on any atom is -0.336 e. The number of aryl methyl sites for hydroxylation is 2. The van der Waals surface area contributed by atoms with E-state index in [4.69, 9.17) is 0 Å². The van der Waals surface area contributed by atoms with Gasteiger partial charge in [-0.25, -0.2) is 22.7 Å². The molecule has 1 amide bonds. The number of aromatic nitrogens is 6. The number of amides is 1. The molecule has 0 saturated carbocycles. The second-order valence-corrected chi connectivity index (χ2v) is 8.91. The fraction of sp³-hybridized carbons (Fsp3) is 0.350. The number of nitrogens with one attached hydrogen (secondary N) is 1. The van der Waals surface area contributed by atoms with Crippen LogP contribution in [-0.4, -0.2) is 54.5 Å². The monoisotopic (exact) mass is 476 g/mol. The van der Waals surface area contributed by atoms with Gasteiger partial charge in [-0.3, -0.25) is 9.48 Å². The quantitative estimate of drug-likeness (QED) is 0.473. The molecule has 0 radical (unpaired) electrons. The first-order valence-corrected chi connectivity index (χ1v) is 11.0. The van der Waals surface area contributed by atoms with Crippen LogP contribution >= 0.6 is 11.3 Å². The summed E-state index contributed by atoms with van der Waals surface area (Å²) in [5.41, 5.74) is 1.23. The van der Waals surface area contributed by atoms with E-state index in [9.17, 15) is 18.0 Å². The van der Waals surface area contributed by atoms with E-state index in [1.54, 1.807) is 41.7 Å². The average Bonchev–Trinajstić information content (AvgIpc) is 3.53. The van der Waals surface area contributed by atoms with E-state index < -0.39 is 18.5 Å². The number of carbonyl (C=O) groups excluding carboxylic acids is 1. The lowest BCUT2D eigenvalue weighted by atomic mass is 10.2. The van der Waals surface area contributed by atoms with E-state index in [0.717, 1.165) is 11.3 Å². The van der Waals surface area contributed by atoms with Crippen molar-refractivity contribution in [3.8, 4) is 10.6 Å². The van der Waals surface area contributed by atoms with Crippen molar-refractivity contribution in [2.75, 3.05) is 23.3 Å². The summed E-state index contributed by atoms with van der Waals surface area (Å²) in [6.07, 6.45) is -0.0577. The van der Waals surface area contributed by atoms with Crippen molar-refractivity contribution < 1.29 is 18.0 Å². The van der Waals surface area contributed by atoms with Gasteiger partial charge in [-0.05, 0) is 19.4 Å². The van der Waals surface area contributed by atoms with Gasteiger partial charge in [-0.2, -0.15) is 10.1 Å². The zero-order valence-corrected chi connectivity index (χ0v) is 18.5. The Morgan fingerprint density at radius 3 is 2.85 bits per heavy atom. The third-order valence-corrected chi connectivity index (χ3v) is 6.44. The minimum atomic E-state index is -2.69. The molecule has 1 N–H and O–H groups in total. The van der Waals surface area contributed by atoms with Gasteiger partial charge in [0.05, 0.1) is 18.3 Å². The van der Waals surface area contributed by atoms with Gasteiger partial charge in [0, 0.05) is 36.4 Å². The lowest BCUT2D eigenvalue weighted by Gasteiger charge is -2.10. The number of nitrogens with zero attached hydrogens (tertiary/aromatic N) is 7. The highest BCUT2D eigenvalue weighted by atomic mass is 32.1. The maximum Gasteiger partial charge on any atom is 0.281 e. The molecule has 1 atom stereocenters. The predicted octanol–water partition coefficient (Wildman–Crippen LogP) is 3.63. The van der Waals surface area contributed by atoms with Gasteiger partial charge in [0.1, 0.15) is 22.6 Å². The van der Waals surface area contributed by atoms with Crippen LogP contribution in [0, 0.1) is 6.92 Å². The Morgan fingerprint density at radius 1 is 1.33 bits per heavy atom. The van der Waals surface area contributed by atoms with Gasteiger partial charge >= 0.3 is 0 Å². The fourth-order valence-corrected chi connectivity index (χ4v) is 4.69. The van der Waals surface area contributed by atoms with Crippen LogP contribution in [-0.2, 0) is 7.05 Å². The van der Waals surface area contributed by atoms with Gasteiger partial charge in [0.25, 0.3) is 12.3 Å². The second-order valence-electron chi connectivity index (χ2n) is 7.71. The van der Waals surface area contributed by atoms with E-state index in [2.05, 4.69) is 25.5 Å². The molecule has 4 aromatic heterocycles. The normalized spacial score (nSPS) is 16.3. The van der Waals surface area contributed by atoms with Crippen molar-refractivity contribution in [2.45, 2.75) is 25.9 Å². The topological polar surface area (TPSA) is 93.2 Å². The lowest BCUT2D eigenvalue weighted by Crippen LogP contribution is -2.21. The molecule has 5 rings (SSSR count). The lowest BCUT2D eigenvalue weighted by molar-refractivity contribution is 0.101. The third kappa shape index (κ3) is 3.92. The zero-order chi connectivity index (χ0) is 23.3. The first-order chi connectivity index (χ1) is 15.8. The number of thiazole rings is 1. The Kier molecular flexibility index (Phi) is 5.27. The number of fused-ring (bicyclic) bond motifs is 1. The van der Waals surface area contributed by atoms with Crippen LogP contribution in [0.25, 0.3) is 16.2 Å². The molecule has 9 nitrogen and oxygen atoms in total.